The van der Waals surface area contributed by atoms with Crippen LogP contribution in [0.5, 0.6) is 0 Å². The number of halogens is 2. The van der Waals surface area contributed by atoms with E-state index in [-0.39, 0.29) is 11.5 Å². The fourth-order valence-corrected chi connectivity index (χ4v) is 2.91. The molecule has 0 saturated heterocycles. The van der Waals surface area contributed by atoms with E-state index in [1.165, 1.54) is 60.7 Å². The number of fused-ring (bicyclic) bond motifs is 1. The molecule has 30 heavy (non-hydrogen) atoms. The number of nitrogens with zero attached hydrogens (tertiary/aromatic N) is 2. The Labute approximate surface area is 171 Å². The first-order chi connectivity index (χ1) is 14.5. The Morgan fingerprint density at radius 3 is 1.33 bits per heavy atom. The summed E-state index contributed by atoms with van der Waals surface area (Å²) in [6.45, 7) is 0. The van der Waals surface area contributed by atoms with Crippen molar-refractivity contribution < 1.29 is 19.0 Å². The van der Waals surface area contributed by atoms with E-state index in [0.29, 0.717) is 33.5 Å². The predicted octanol–water partition coefficient (Wildman–Crippen LogP) is 6.02. The fourth-order valence-electron chi connectivity index (χ4n) is 2.91. The number of aliphatic hydroxyl groups excluding tert-OH is 2. The van der Waals surface area contributed by atoms with Crippen molar-refractivity contribution in [1.82, 2.24) is 9.97 Å². The van der Waals surface area contributed by atoms with Gasteiger partial charge in [-0.1, -0.05) is 12.1 Å². The molecule has 0 radical (unpaired) electrons. The number of hydrogen-bond donors (Lipinski definition) is 2. The third-order valence-corrected chi connectivity index (χ3v) is 4.45. The maximum absolute atomic E-state index is 13.2. The zero-order valence-electron chi connectivity index (χ0n) is 15.6. The average molecular weight is 402 g/mol. The molecule has 1 aromatic heterocycles. The van der Waals surface area contributed by atoms with Gasteiger partial charge in [0.05, 0.1) is 22.4 Å². The molecule has 1 heterocycles. The first kappa shape index (κ1) is 19.3. The van der Waals surface area contributed by atoms with Crippen LogP contribution in [0.15, 0.2) is 72.8 Å². The van der Waals surface area contributed by atoms with Gasteiger partial charge in [-0.05, 0) is 60.7 Å². The highest BCUT2D eigenvalue weighted by Crippen LogP contribution is 2.23. The molecule has 4 aromatic rings. The van der Waals surface area contributed by atoms with E-state index in [1.54, 1.807) is 12.1 Å². The van der Waals surface area contributed by atoms with Gasteiger partial charge in [0.25, 0.3) is 0 Å². The summed E-state index contributed by atoms with van der Waals surface area (Å²) >= 11 is 0. The van der Waals surface area contributed by atoms with E-state index in [1.807, 2.05) is 12.1 Å². The van der Waals surface area contributed by atoms with Gasteiger partial charge in [-0.15, -0.1) is 0 Å². The largest absolute Gasteiger partial charge is 0.507 e. The van der Waals surface area contributed by atoms with E-state index >= 15 is 0 Å². The first-order valence-corrected chi connectivity index (χ1v) is 9.09. The molecular formula is C24H16F2N2O2. The van der Waals surface area contributed by atoms with Crippen LogP contribution in [-0.4, -0.2) is 20.2 Å². The van der Waals surface area contributed by atoms with E-state index in [0.717, 1.165) is 0 Å². The van der Waals surface area contributed by atoms with Crippen LogP contribution in [0.25, 0.3) is 34.7 Å². The van der Waals surface area contributed by atoms with Gasteiger partial charge in [-0.2, -0.15) is 0 Å². The Balaban J connectivity index is 1.83. The van der Waals surface area contributed by atoms with Gasteiger partial charge in [-0.3, -0.25) is 0 Å². The summed E-state index contributed by atoms with van der Waals surface area (Å²) in [7, 11) is 0. The van der Waals surface area contributed by atoms with Crippen molar-refractivity contribution >= 4 is 34.7 Å². The highest BCUT2D eigenvalue weighted by molar-refractivity contribution is 5.86. The van der Waals surface area contributed by atoms with Crippen LogP contribution in [0.1, 0.15) is 22.5 Å². The summed E-state index contributed by atoms with van der Waals surface area (Å²) in [6.07, 6.45) is 2.80. The molecule has 0 atom stereocenters. The molecule has 2 N–H and O–H groups in total. The van der Waals surface area contributed by atoms with Gasteiger partial charge >= 0.3 is 0 Å². The van der Waals surface area contributed by atoms with Crippen molar-refractivity contribution in [1.29, 1.82) is 0 Å². The SMILES string of the molecule is OC(=Cc1nc2ccccc2nc1C=C(O)c1ccc(F)cc1)c1ccc(F)cc1. The minimum Gasteiger partial charge on any atom is -0.507 e. The molecule has 4 nitrogen and oxygen atoms in total. The molecule has 0 bridgehead atoms. The second-order valence-corrected chi connectivity index (χ2v) is 6.56. The maximum atomic E-state index is 13.2. The number of aromatic nitrogens is 2. The van der Waals surface area contributed by atoms with E-state index < -0.39 is 11.6 Å². The smallest absolute Gasteiger partial charge is 0.125 e. The van der Waals surface area contributed by atoms with Crippen LogP contribution < -0.4 is 0 Å². The third-order valence-electron chi connectivity index (χ3n) is 4.45. The highest BCUT2D eigenvalue weighted by atomic mass is 19.1. The van der Waals surface area contributed by atoms with Crippen molar-refractivity contribution in [3.05, 3.63) is 107 Å². The van der Waals surface area contributed by atoms with Crippen LogP contribution in [0, 0.1) is 11.6 Å². The Morgan fingerprint density at radius 1 is 0.600 bits per heavy atom. The topological polar surface area (TPSA) is 66.2 Å². The van der Waals surface area contributed by atoms with Crippen LogP contribution in [0.3, 0.4) is 0 Å². The molecule has 0 aliphatic carbocycles. The van der Waals surface area contributed by atoms with E-state index in [9.17, 15) is 19.0 Å². The molecule has 0 aliphatic rings. The molecule has 0 unspecified atom stereocenters. The van der Waals surface area contributed by atoms with Gasteiger partial charge in [0.1, 0.15) is 23.2 Å². The lowest BCUT2D eigenvalue weighted by Gasteiger charge is -2.07. The molecule has 6 heteroatoms. The molecule has 148 valence electrons. The van der Waals surface area contributed by atoms with Gasteiger partial charge < -0.3 is 10.2 Å². The standard InChI is InChI=1S/C24H16F2N2O2/c25-17-9-5-15(6-10-17)23(29)13-21-22(28-20-4-2-1-3-19(20)27-21)14-24(30)16-7-11-18(26)12-8-16/h1-14,29-30H. The van der Waals surface area contributed by atoms with E-state index in [4.69, 9.17) is 0 Å². The Hall–Kier alpha value is -4.06. The second-order valence-electron chi connectivity index (χ2n) is 6.56. The van der Waals surface area contributed by atoms with Crippen LogP contribution in [0.2, 0.25) is 0 Å². The zero-order chi connectivity index (χ0) is 21.1. The highest BCUT2D eigenvalue weighted by Gasteiger charge is 2.10. The summed E-state index contributed by atoms with van der Waals surface area (Å²) in [5.41, 5.74) is 2.64. The molecule has 4 rings (SSSR count). The van der Waals surface area contributed by atoms with Crippen LogP contribution >= 0.6 is 0 Å². The number of rotatable bonds is 4. The normalized spacial score (nSPS) is 12.3. The second kappa shape index (κ2) is 8.13. The van der Waals surface area contributed by atoms with Gasteiger partial charge in [0.15, 0.2) is 0 Å². The average Bonchev–Trinajstić information content (AvgIpc) is 2.75. The van der Waals surface area contributed by atoms with Crippen molar-refractivity contribution in [2.75, 3.05) is 0 Å². The van der Waals surface area contributed by atoms with Gasteiger partial charge in [0, 0.05) is 23.3 Å². The summed E-state index contributed by atoms with van der Waals surface area (Å²) in [6, 6.07) is 17.9. The van der Waals surface area contributed by atoms with Gasteiger partial charge in [0.2, 0.25) is 0 Å². The van der Waals surface area contributed by atoms with Crippen molar-refractivity contribution in [2.45, 2.75) is 0 Å². The zero-order valence-corrected chi connectivity index (χ0v) is 15.6. The molecule has 0 amide bonds. The number of para-hydroxylation sites is 2. The van der Waals surface area contributed by atoms with Crippen LogP contribution in [0.4, 0.5) is 8.78 Å². The lowest BCUT2D eigenvalue weighted by molar-refractivity contribution is 0.514. The molecule has 0 saturated carbocycles. The minimum absolute atomic E-state index is 0.129. The van der Waals surface area contributed by atoms with Crippen molar-refractivity contribution in [3.63, 3.8) is 0 Å². The van der Waals surface area contributed by atoms with E-state index in [2.05, 4.69) is 9.97 Å². The molecule has 0 fully saturated rings. The summed E-state index contributed by atoms with van der Waals surface area (Å²) in [5.74, 6) is -1.08. The molecular weight excluding hydrogens is 386 g/mol. The molecule has 0 spiro atoms. The number of aliphatic hydroxyl groups is 2. The summed E-state index contributed by atoms with van der Waals surface area (Å²) < 4.78 is 26.3. The lowest BCUT2D eigenvalue weighted by Crippen LogP contribution is -1.96. The predicted molar refractivity (Wildman–Crippen MR) is 113 cm³/mol. The third kappa shape index (κ3) is 4.17. The number of hydrogen-bond acceptors (Lipinski definition) is 4. The monoisotopic (exact) mass is 402 g/mol. The van der Waals surface area contributed by atoms with Crippen molar-refractivity contribution in [3.8, 4) is 0 Å². The fraction of sp³-hybridized carbons (Fsp3) is 0. The number of benzene rings is 3. The Bertz CT molecular complexity index is 1160. The minimum atomic E-state index is -0.412. The maximum Gasteiger partial charge on any atom is 0.125 e. The molecule has 3 aromatic carbocycles. The quantitative estimate of drug-likeness (QED) is 0.410. The lowest BCUT2D eigenvalue weighted by atomic mass is 10.1. The molecule has 0 aliphatic heterocycles. The summed E-state index contributed by atoms with van der Waals surface area (Å²) in [5, 5.41) is 21.0. The van der Waals surface area contributed by atoms with Gasteiger partial charge in [-0.25, -0.2) is 18.7 Å². The van der Waals surface area contributed by atoms with Crippen molar-refractivity contribution in [2.24, 2.45) is 0 Å². The Kier molecular flexibility index (Phi) is 5.22. The summed E-state index contributed by atoms with van der Waals surface area (Å²) in [4.78, 5) is 9.06. The Morgan fingerprint density at radius 2 is 0.967 bits per heavy atom. The van der Waals surface area contributed by atoms with Crippen LogP contribution in [-0.2, 0) is 0 Å². The first-order valence-electron chi connectivity index (χ1n) is 9.09.